The van der Waals surface area contributed by atoms with E-state index in [2.05, 4.69) is 4.98 Å². The summed E-state index contributed by atoms with van der Waals surface area (Å²) in [6.45, 7) is 0.190. The Kier molecular flexibility index (Phi) is 2.24. The molecule has 0 bridgehead atoms. The minimum atomic E-state index is -0.0380. The van der Waals surface area contributed by atoms with Crippen LogP contribution in [0.15, 0.2) is 22.6 Å². The fourth-order valence-corrected chi connectivity index (χ4v) is 1.21. The van der Waals surface area contributed by atoms with Crippen molar-refractivity contribution in [2.45, 2.75) is 0 Å². The number of aromatic nitrogens is 1. The van der Waals surface area contributed by atoms with Crippen molar-refractivity contribution in [1.29, 1.82) is 0 Å². The summed E-state index contributed by atoms with van der Waals surface area (Å²) < 4.78 is 10.4. The Bertz CT molecular complexity index is 439. The van der Waals surface area contributed by atoms with E-state index in [0.717, 1.165) is 0 Å². The number of anilines is 1. The molecule has 74 valence electrons. The van der Waals surface area contributed by atoms with Crippen molar-refractivity contribution < 1.29 is 14.3 Å². The number of rotatable bonds is 3. The molecular weight excluding hydrogens is 184 g/mol. The third-order valence-corrected chi connectivity index (χ3v) is 1.75. The van der Waals surface area contributed by atoms with Crippen LogP contribution in [-0.4, -0.2) is 23.3 Å². The largest absolute Gasteiger partial charge is 0.489 e. The van der Waals surface area contributed by atoms with Gasteiger partial charge in [-0.3, -0.25) is 0 Å². The summed E-state index contributed by atoms with van der Waals surface area (Å²) in [5.74, 6) is 0.567. The molecule has 2 rings (SSSR count). The van der Waals surface area contributed by atoms with Crippen molar-refractivity contribution >= 4 is 17.1 Å². The van der Waals surface area contributed by atoms with Crippen molar-refractivity contribution in [3.8, 4) is 5.75 Å². The number of fused-ring (bicyclic) bond motifs is 1. The summed E-state index contributed by atoms with van der Waals surface area (Å²) in [5, 5.41) is 8.61. The number of ether oxygens (including phenoxy) is 1. The molecular formula is C9H10N2O3. The molecule has 0 saturated heterocycles. The maximum atomic E-state index is 8.61. The fourth-order valence-electron chi connectivity index (χ4n) is 1.21. The summed E-state index contributed by atoms with van der Waals surface area (Å²) in [6, 6.07) is 5.39. The van der Waals surface area contributed by atoms with Crippen molar-refractivity contribution in [1.82, 2.24) is 4.98 Å². The molecule has 0 aliphatic carbocycles. The lowest BCUT2D eigenvalue weighted by atomic mass is 10.3. The molecule has 1 aromatic heterocycles. The van der Waals surface area contributed by atoms with Crippen LogP contribution < -0.4 is 10.5 Å². The van der Waals surface area contributed by atoms with Gasteiger partial charge >= 0.3 is 0 Å². The van der Waals surface area contributed by atoms with Crippen molar-refractivity contribution in [3.05, 3.63) is 18.2 Å². The maximum Gasteiger partial charge on any atom is 0.293 e. The number of benzene rings is 1. The zero-order valence-corrected chi connectivity index (χ0v) is 7.43. The van der Waals surface area contributed by atoms with Gasteiger partial charge in [0, 0.05) is 0 Å². The highest BCUT2D eigenvalue weighted by Crippen LogP contribution is 2.26. The molecule has 1 aromatic carbocycles. The van der Waals surface area contributed by atoms with E-state index in [1.165, 1.54) is 0 Å². The van der Waals surface area contributed by atoms with Gasteiger partial charge in [0.25, 0.3) is 6.01 Å². The molecule has 0 fully saturated rings. The molecule has 5 nitrogen and oxygen atoms in total. The summed E-state index contributed by atoms with van der Waals surface area (Å²) in [6.07, 6.45) is 0. The van der Waals surface area contributed by atoms with E-state index in [1.807, 2.05) is 0 Å². The predicted octanol–water partition coefficient (Wildman–Crippen LogP) is 0.781. The minimum absolute atomic E-state index is 0.0380. The highest BCUT2D eigenvalue weighted by molar-refractivity contribution is 5.80. The summed E-state index contributed by atoms with van der Waals surface area (Å²) in [4.78, 5) is 3.97. The van der Waals surface area contributed by atoms with Crippen LogP contribution in [0.1, 0.15) is 0 Å². The van der Waals surface area contributed by atoms with E-state index in [0.29, 0.717) is 16.8 Å². The average molecular weight is 194 g/mol. The minimum Gasteiger partial charge on any atom is -0.489 e. The van der Waals surface area contributed by atoms with Gasteiger partial charge in [0.2, 0.25) is 0 Å². The number of hydrogen-bond acceptors (Lipinski definition) is 5. The van der Waals surface area contributed by atoms with Crippen LogP contribution in [0, 0.1) is 0 Å². The van der Waals surface area contributed by atoms with Gasteiger partial charge in [-0.15, -0.1) is 0 Å². The van der Waals surface area contributed by atoms with E-state index in [-0.39, 0.29) is 19.2 Å². The van der Waals surface area contributed by atoms with Gasteiger partial charge in [0.1, 0.15) is 12.4 Å². The number of aliphatic hydroxyl groups excluding tert-OH is 1. The van der Waals surface area contributed by atoms with Crippen LogP contribution >= 0.6 is 0 Å². The number of nitrogen functional groups attached to an aromatic ring is 1. The van der Waals surface area contributed by atoms with Crippen LogP contribution in [0.3, 0.4) is 0 Å². The summed E-state index contributed by atoms with van der Waals surface area (Å²) in [5.41, 5.74) is 6.57. The number of aliphatic hydroxyl groups is 1. The summed E-state index contributed by atoms with van der Waals surface area (Å²) >= 11 is 0. The predicted molar refractivity (Wildman–Crippen MR) is 51.0 cm³/mol. The number of hydrogen-bond donors (Lipinski definition) is 2. The molecule has 14 heavy (non-hydrogen) atoms. The lowest BCUT2D eigenvalue weighted by Gasteiger charge is -2.02. The van der Waals surface area contributed by atoms with Gasteiger partial charge < -0.3 is 20.0 Å². The Morgan fingerprint density at radius 1 is 1.50 bits per heavy atom. The van der Waals surface area contributed by atoms with Crippen LogP contribution in [-0.2, 0) is 0 Å². The van der Waals surface area contributed by atoms with Crippen LogP contribution in [0.2, 0.25) is 0 Å². The first-order chi connectivity index (χ1) is 6.81. The molecule has 5 heteroatoms. The smallest absolute Gasteiger partial charge is 0.293 e. The molecule has 0 amide bonds. The van der Waals surface area contributed by atoms with E-state index in [9.17, 15) is 0 Å². The zero-order valence-electron chi connectivity index (χ0n) is 7.43. The summed E-state index contributed by atoms with van der Waals surface area (Å²) in [7, 11) is 0. The number of nitrogens with zero attached hydrogens (tertiary/aromatic N) is 1. The highest BCUT2D eigenvalue weighted by Gasteiger charge is 2.07. The van der Waals surface area contributed by atoms with Gasteiger partial charge in [0.05, 0.1) is 6.61 Å². The molecule has 3 N–H and O–H groups in total. The van der Waals surface area contributed by atoms with E-state index >= 15 is 0 Å². The molecule has 0 unspecified atom stereocenters. The first kappa shape index (κ1) is 8.83. The standard InChI is InChI=1S/C9H10N2O3/c10-9-11-8-6(13-5-4-12)2-1-3-7(8)14-9/h1-3,12H,4-5H2,(H2,10,11). The van der Waals surface area contributed by atoms with Gasteiger partial charge in [-0.05, 0) is 12.1 Å². The van der Waals surface area contributed by atoms with Gasteiger partial charge in [0.15, 0.2) is 11.1 Å². The Morgan fingerprint density at radius 2 is 2.36 bits per heavy atom. The fraction of sp³-hybridized carbons (Fsp3) is 0.222. The Morgan fingerprint density at radius 3 is 3.14 bits per heavy atom. The van der Waals surface area contributed by atoms with Gasteiger partial charge in [-0.1, -0.05) is 6.07 Å². The third kappa shape index (κ3) is 1.49. The van der Waals surface area contributed by atoms with Crippen LogP contribution in [0.25, 0.3) is 11.1 Å². The molecule has 0 spiro atoms. The molecule has 0 atom stereocenters. The molecule has 1 heterocycles. The van der Waals surface area contributed by atoms with Crippen molar-refractivity contribution in [2.75, 3.05) is 18.9 Å². The molecule has 2 aromatic rings. The first-order valence-electron chi connectivity index (χ1n) is 4.20. The molecule has 0 aliphatic heterocycles. The quantitative estimate of drug-likeness (QED) is 0.754. The van der Waals surface area contributed by atoms with E-state index < -0.39 is 0 Å². The normalized spacial score (nSPS) is 10.6. The third-order valence-electron chi connectivity index (χ3n) is 1.75. The van der Waals surface area contributed by atoms with Crippen molar-refractivity contribution in [2.24, 2.45) is 0 Å². The topological polar surface area (TPSA) is 81.5 Å². The van der Waals surface area contributed by atoms with E-state index in [4.69, 9.17) is 20.0 Å². The monoisotopic (exact) mass is 194 g/mol. The van der Waals surface area contributed by atoms with Gasteiger partial charge in [-0.25, -0.2) is 0 Å². The average Bonchev–Trinajstić information content (AvgIpc) is 2.55. The zero-order chi connectivity index (χ0) is 9.97. The number of nitrogens with two attached hydrogens (primary N) is 1. The number of para-hydroxylation sites is 1. The Labute approximate surface area is 80.1 Å². The Balaban J connectivity index is 2.42. The first-order valence-corrected chi connectivity index (χ1v) is 4.20. The lowest BCUT2D eigenvalue weighted by molar-refractivity contribution is 0.202. The maximum absolute atomic E-state index is 8.61. The van der Waals surface area contributed by atoms with Crippen molar-refractivity contribution in [3.63, 3.8) is 0 Å². The second-order valence-corrected chi connectivity index (χ2v) is 2.73. The second-order valence-electron chi connectivity index (χ2n) is 2.73. The van der Waals surface area contributed by atoms with E-state index in [1.54, 1.807) is 18.2 Å². The second kappa shape index (κ2) is 3.55. The lowest BCUT2D eigenvalue weighted by Crippen LogP contribution is -2.01. The molecule has 0 radical (unpaired) electrons. The molecule has 0 aliphatic rings. The highest BCUT2D eigenvalue weighted by atomic mass is 16.5. The van der Waals surface area contributed by atoms with Gasteiger partial charge in [-0.2, -0.15) is 4.98 Å². The van der Waals surface area contributed by atoms with Crippen LogP contribution in [0.5, 0.6) is 5.75 Å². The Hall–Kier alpha value is -1.75. The van der Waals surface area contributed by atoms with Crippen LogP contribution in [0.4, 0.5) is 6.01 Å². The number of oxazole rings is 1. The molecule has 0 saturated carbocycles. The SMILES string of the molecule is Nc1nc2c(OCCO)cccc2o1.